The molecule has 0 spiro atoms. The molecule has 0 atom stereocenters. The Morgan fingerprint density at radius 2 is 2.04 bits per heavy atom. The fourth-order valence-corrected chi connectivity index (χ4v) is 3.14. The van der Waals surface area contributed by atoms with Crippen LogP contribution in [0.15, 0.2) is 59.5 Å². The fraction of sp³-hybridized carbons (Fsp3) is 0.333. The summed E-state index contributed by atoms with van der Waals surface area (Å²) >= 11 is 0. The molecule has 0 unspecified atom stereocenters. The summed E-state index contributed by atoms with van der Waals surface area (Å²) in [5.74, 6) is 0.957. The minimum Gasteiger partial charge on any atom is -0.468 e. The Morgan fingerprint density at radius 1 is 1.19 bits per heavy atom. The molecule has 26 heavy (non-hydrogen) atoms. The van der Waals surface area contributed by atoms with E-state index in [2.05, 4.69) is 36.4 Å². The summed E-state index contributed by atoms with van der Waals surface area (Å²) in [7, 11) is 0. The first-order valence-corrected chi connectivity index (χ1v) is 8.84. The quantitative estimate of drug-likeness (QED) is 0.569. The molecule has 0 amide bonds. The first-order chi connectivity index (χ1) is 12.5. The van der Waals surface area contributed by atoms with Crippen molar-refractivity contribution in [3.05, 3.63) is 83.3 Å². The molecule has 3 aromatic heterocycles. The lowest BCUT2D eigenvalue weighted by molar-refractivity contribution is 0.225. The molecular weight excluding hydrogens is 324 g/mol. The van der Waals surface area contributed by atoms with Gasteiger partial charge in [0.15, 0.2) is 0 Å². The third-order valence-electron chi connectivity index (χ3n) is 4.42. The largest absolute Gasteiger partial charge is 0.468 e. The van der Waals surface area contributed by atoms with E-state index >= 15 is 0 Å². The van der Waals surface area contributed by atoms with Crippen molar-refractivity contribution in [2.24, 2.45) is 0 Å². The van der Waals surface area contributed by atoms with Gasteiger partial charge in [-0.2, -0.15) is 5.10 Å². The highest BCUT2D eigenvalue weighted by Crippen LogP contribution is 2.20. The lowest BCUT2D eigenvalue weighted by Crippen LogP contribution is -2.23. The molecule has 136 valence electrons. The van der Waals surface area contributed by atoms with Crippen molar-refractivity contribution in [1.29, 1.82) is 0 Å². The second-order valence-corrected chi connectivity index (χ2v) is 6.85. The molecule has 0 saturated heterocycles. The highest BCUT2D eigenvalue weighted by Gasteiger charge is 2.17. The van der Waals surface area contributed by atoms with E-state index in [1.807, 2.05) is 36.0 Å². The van der Waals surface area contributed by atoms with E-state index in [0.29, 0.717) is 0 Å². The Morgan fingerprint density at radius 3 is 2.69 bits per heavy atom. The lowest BCUT2D eigenvalue weighted by atomic mass is 10.1. The van der Waals surface area contributed by atoms with Gasteiger partial charge in [-0.25, -0.2) is 0 Å². The first-order valence-electron chi connectivity index (χ1n) is 8.84. The summed E-state index contributed by atoms with van der Waals surface area (Å²) in [6.45, 7) is 13.4. The van der Waals surface area contributed by atoms with Crippen molar-refractivity contribution in [2.75, 3.05) is 0 Å². The van der Waals surface area contributed by atoms with Crippen LogP contribution in [-0.2, 0) is 26.2 Å². The molecule has 0 aliphatic carbocycles. The zero-order valence-corrected chi connectivity index (χ0v) is 15.8. The predicted octanol–water partition coefficient (Wildman–Crippen LogP) is 4.27. The standard InChI is InChI=1S/C21H26N4O/c1-16(2)12-25-18(4)21(17(3)23-25)15-24(14-20-8-6-10-26-20)13-19-7-5-9-22-11-19/h5-11H,1,12-15H2,2-4H3. The summed E-state index contributed by atoms with van der Waals surface area (Å²) in [5.41, 5.74) is 5.82. The summed E-state index contributed by atoms with van der Waals surface area (Å²) in [4.78, 5) is 6.60. The Labute approximate surface area is 155 Å². The molecule has 0 saturated carbocycles. The second kappa shape index (κ2) is 8.15. The van der Waals surface area contributed by atoms with Crippen LogP contribution < -0.4 is 0 Å². The molecule has 5 nitrogen and oxygen atoms in total. The van der Waals surface area contributed by atoms with E-state index in [0.717, 1.165) is 43.2 Å². The van der Waals surface area contributed by atoms with Crippen LogP contribution in [0.1, 0.15) is 35.2 Å². The molecule has 0 fully saturated rings. The maximum absolute atomic E-state index is 5.57. The Kier molecular flexibility index (Phi) is 5.68. The molecule has 3 heterocycles. The molecule has 3 aromatic rings. The van der Waals surface area contributed by atoms with Crippen molar-refractivity contribution in [2.45, 2.75) is 47.0 Å². The van der Waals surface area contributed by atoms with Gasteiger partial charge in [-0.05, 0) is 44.5 Å². The second-order valence-electron chi connectivity index (χ2n) is 6.85. The monoisotopic (exact) mass is 350 g/mol. The molecule has 0 aliphatic rings. The number of pyridine rings is 1. The van der Waals surface area contributed by atoms with Gasteiger partial charge >= 0.3 is 0 Å². The third-order valence-corrected chi connectivity index (χ3v) is 4.42. The van der Waals surface area contributed by atoms with Crippen molar-refractivity contribution in [1.82, 2.24) is 19.7 Å². The molecule has 0 bridgehead atoms. The van der Waals surface area contributed by atoms with Crippen LogP contribution in [-0.4, -0.2) is 19.7 Å². The fourth-order valence-electron chi connectivity index (χ4n) is 3.14. The molecular formula is C21H26N4O. The van der Waals surface area contributed by atoms with Gasteiger partial charge < -0.3 is 4.42 Å². The van der Waals surface area contributed by atoms with Crippen LogP contribution >= 0.6 is 0 Å². The van der Waals surface area contributed by atoms with Gasteiger partial charge in [-0.15, -0.1) is 0 Å². The van der Waals surface area contributed by atoms with E-state index in [1.54, 1.807) is 12.5 Å². The maximum Gasteiger partial charge on any atom is 0.117 e. The number of furan rings is 1. The predicted molar refractivity (Wildman–Crippen MR) is 102 cm³/mol. The Bertz CT molecular complexity index is 850. The van der Waals surface area contributed by atoms with Crippen LogP contribution in [0.3, 0.4) is 0 Å². The average molecular weight is 350 g/mol. The normalized spacial score (nSPS) is 11.2. The number of aryl methyl sites for hydroxylation is 1. The van der Waals surface area contributed by atoms with Crippen LogP contribution in [0.2, 0.25) is 0 Å². The highest BCUT2D eigenvalue weighted by molar-refractivity contribution is 5.25. The van der Waals surface area contributed by atoms with E-state index in [1.165, 1.54) is 16.8 Å². The van der Waals surface area contributed by atoms with E-state index in [-0.39, 0.29) is 0 Å². The van der Waals surface area contributed by atoms with Gasteiger partial charge in [-0.1, -0.05) is 18.2 Å². The van der Waals surface area contributed by atoms with Crippen molar-refractivity contribution < 1.29 is 4.42 Å². The zero-order valence-electron chi connectivity index (χ0n) is 15.8. The topological polar surface area (TPSA) is 47.1 Å². The van der Waals surface area contributed by atoms with Gasteiger partial charge in [0, 0.05) is 36.7 Å². The van der Waals surface area contributed by atoms with Gasteiger partial charge in [0.25, 0.3) is 0 Å². The Balaban J connectivity index is 1.83. The van der Waals surface area contributed by atoms with Gasteiger partial charge in [0.2, 0.25) is 0 Å². The summed E-state index contributed by atoms with van der Waals surface area (Å²) in [6, 6.07) is 8.02. The summed E-state index contributed by atoms with van der Waals surface area (Å²) in [5, 5.41) is 4.70. The van der Waals surface area contributed by atoms with Crippen LogP contribution in [0.5, 0.6) is 0 Å². The number of aromatic nitrogens is 3. The van der Waals surface area contributed by atoms with E-state index in [9.17, 15) is 0 Å². The lowest BCUT2D eigenvalue weighted by Gasteiger charge is -2.21. The maximum atomic E-state index is 5.57. The third kappa shape index (κ3) is 4.49. The molecule has 0 aromatic carbocycles. The molecule has 0 radical (unpaired) electrons. The minimum atomic E-state index is 0.743. The highest BCUT2D eigenvalue weighted by atomic mass is 16.3. The minimum absolute atomic E-state index is 0.743. The first kappa shape index (κ1) is 18.1. The number of hydrogen-bond donors (Lipinski definition) is 0. The van der Waals surface area contributed by atoms with Crippen LogP contribution in [0.4, 0.5) is 0 Å². The van der Waals surface area contributed by atoms with Crippen molar-refractivity contribution in [3.63, 3.8) is 0 Å². The van der Waals surface area contributed by atoms with E-state index in [4.69, 9.17) is 9.52 Å². The molecule has 0 N–H and O–H groups in total. The molecule has 0 aliphatic heterocycles. The van der Waals surface area contributed by atoms with Gasteiger partial charge in [0.1, 0.15) is 5.76 Å². The molecule has 5 heteroatoms. The average Bonchev–Trinajstić information content (AvgIpc) is 3.19. The van der Waals surface area contributed by atoms with Crippen LogP contribution in [0, 0.1) is 13.8 Å². The van der Waals surface area contributed by atoms with E-state index < -0.39 is 0 Å². The van der Waals surface area contributed by atoms with Crippen molar-refractivity contribution >= 4 is 0 Å². The van der Waals surface area contributed by atoms with Crippen LogP contribution in [0.25, 0.3) is 0 Å². The number of hydrogen-bond acceptors (Lipinski definition) is 4. The zero-order chi connectivity index (χ0) is 18.5. The van der Waals surface area contributed by atoms with Crippen molar-refractivity contribution in [3.8, 4) is 0 Å². The number of allylic oxidation sites excluding steroid dienone is 1. The molecule has 3 rings (SSSR count). The number of nitrogens with zero attached hydrogens (tertiary/aromatic N) is 4. The van der Waals surface area contributed by atoms with Gasteiger partial charge in [0.05, 0.1) is 25.0 Å². The SMILES string of the molecule is C=C(C)Cn1nc(C)c(CN(Cc2cccnc2)Cc2ccco2)c1C. The summed E-state index contributed by atoms with van der Waals surface area (Å²) in [6.07, 6.45) is 5.44. The van der Waals surface area contributed by atoms with Gasteiger partial charge in [-0.3, -0.25) is 14.6 Å². The Hall–Kier alpha value is -2.66. The smallest absolute Gasteiger partial charge is 0.117 e. The number of rotatable bonds is 8. The summed E-state index contributed by atoms with van der Waals surface area (Å²) < 4.78 is 7.61.